The van der Waals surface area contributed by atoms with Crippen LogP contribution in [0.5, 0.6) is 5.75 Å². The van der Waals surface area contributed by atoms with Crippen LogP contribution in [0.25, 0.3) is 0 Å². The van der Waals surface area contributed by atoms with E-state index in [0.717, 1.165) is 10.4 Å². The number of nitrogens with one attached hydrogen (secondary N) is 1. The minimum Gasteiger partial charge on any atom is -0.481 e. The topological polar surface area (TPSA) is 64.6 Å². The number of aryl methyl sites for hydroxylation is 1. The first-order valence-electron chi connectivity index (χ1n) is 7.83. The van der Waals surface area contributed by atoms with Crippen LogP contribution in [0.2, 0.25) is 5.02 Å². The molecular formula is C18H20ClNO4S. The lowest BCUT2D eigenvalue weighted by atomic mass is 10.1. The van der Waals surface area contributed by atoms with Crippen molar-refractivity contribution in [1.29, 1.82) is 0 Å². The molecule has 1 aromatic heterocycles. The first-order valence-corrected chi connectivity index (χ1v) is 9.03. The van der Waals surface area contributed by atoms with Crippen LogP contribution in [-0.4, -0.2) is 24.6 Å². The average molecular weight is 382 g/mol. The van der Waals surface area contributed by atoms with E-state index in [2.05, 4.69) is 5.32 Å². The number of amides is 1. The van der Waals surface area contributed by atoms with Gasteiger partial charge in [-0.25, -0.2) is 4.79 Å². The largest absolute Gasteiger partial charge is 0.481 e. The molecule has 1 N–H and O–H groups in total. The molecule has 1 amide bonds. The molecule has 7 heteroatoms. The molecule has 0 aliphatic carbocycles. The van der Waals surface area contributed by atoms with Gasteiger partial charge in [0.15, 0.2) is 6.10 Å². The van der Waals surface area contributed by atoms with Gasteiger partial charge >= 0.3 is 5.97 Å². The van der Waals surface area contributed by atoms with Crippen molar-refractivity contribution in [2.45, 2.75) is 33.8 Å². The molecule has 0 bridgehead atoms. The number of benzene rings is 1. The summed E-state index contributed by atoms with van der Waals surface area (Å²) in [6.45, 7) is 7.37. The van der Waals surface area contributed by atoms with E-state index in [1.54, 1.807) is 38.1 Å². The Morgan fingerprint density at radius 1 is 1.32 bits per heavy atom. The van der Waals surface area contributed by atoms with E-state index in [1.165, 1.54) is 11.3 Å². The van der Waals surface area contributed by atoms with Crippen LogP contribution in [0.3, 0.4) is 0 Å². The number of carbonyl (C=O) groups excluding carboxylic acids is 2. The second kappa shape index (κ2) is 8.36. The van der Waals surface area contributed by atoms with Gasteiger partial charge in [-0.2, -0.15) is 0 Å². The summed E-state index contributed by atoms with van der Waals surface area (Å²) in [6, 6.07) is 6.82. The van der Waals surface area contributed by atoms with E-state index in [-0.39, 0.29) is 12.5 Å². The Labute approximate surface area is 155 Å². The third kappa shape index (κ3) is 4.74. The second-order valence-electron chi connectivity index (χ2n) is 5.41. The van der Waals surface area contributed by atoms with Crippen molar-refractivity contribution in [3.63, 3.8) is 0 Å². The molecule has 134 valence electrons. The zero-order valence-electron chi connectivity index (χ0n) is 14.5. The Hall–Kier alpha value is -2.05. The van der Waals surface area contributed by atoms with Crippen molar-refractivity contribution in [3.8, 4) is 5.75 Å². The lowest BCUT2D eigenvalue weighted by molar-refractivity contribution is -0.122. The van der Waals surface area contributed by atoms with Crippen molar-refractivity contribution in [1.82, 2.24) is 0 Å². The summed E-state index contributed by atoms with van der Waals surface area (Å²) in [7, 11) is 0. The molecule has 0 aliphatic rings. The summed E-state index contributed by atoms with van der Waals surface area (Å²) in [5.74, 6) is -0.297. The molecule has 1 atom stereocenters. The zero-order chi connectivity index (χ0) is 18.6. The van der Waals surface area contributed by atoms with Crippen LogP contribution in [0.15, 0.2) is 24.3 Å². The first-order chi connectivity index (χ1) is 11.8. The fraction of sp³-hybridized carbons (Fsp3) is 0.333. The van der Waals surface area contributed by atoms with Crippen LogP contribution < -0.4 is 10.1 Å². The van der Waals surface area contributed by atoms with Gasteiger partial charge in [0.2, 0.25) is 0 Å². The van der Waals surface area contributed by atoms with Gasteiger partial charge in [0.05, 0.1) is 12.2 Å². The molecule has 25 heavy (non-hydrogen) atoms. The van der Waals surface area contributed by atoms with Gasteiger partial charge in [-0.3, -0.25) is 4.79 Å². The fourth-order valence-electron chi connectivity index (χ4n) is 2.18. The molecule has 5 nitrogen and oxygen atoms in total. The number of carbonyl (C=O) groups is 2. The van der Waals surface area contributed by atoms with Gasteiger partial charge in [-0.15, -0.1) is 11.3 Å². The standard InChI is InChI=1S/C18H20ClNO4S/c1-5-23-18(22)15-10(2)12(4)25-17(15)20-16(21)11(3)24-14-8-6-7-13(19)9-14/h6-9,11H,5H2,1-4H3,(H,20,21). The summed E-state index contributed by atoms with van der Waals surface area (Å²) in [5, 5.41) is 3.77. The highest BCUT2D eigenvalue weighted by Crippen LogP contribution is 2.33. The van der Waals surface area contributed by atoms with Gasteiger partial charge in [0.25, 0.3) is 5.91 Å². The summed E-state index contributed by atoms with van der Waals surface area (Å²) in [5.41, 5.74) is 1.20. The lowest BCUT2D eigenvalue weighted by Gasteiger charge is -2.15. The molecule has 0 spiro atoms. The second-order valence-corrected chi connectivity index (χ2v) is 7.08. The van der Waals surface area contributed by atoms with Crippen molar-refractivity contribution in [2.24, 2.45) is 0 Å². The minimum atomic E-state index is -0.753. The van der Waals surface area contributed by atoms with E-state index >= 15 is 0 Å². The molecule has 2 rings (SSSR count). The third-order valence-corrected chi connectivity index (χ3v) is 4.94. The number of ether oxygens (including phenoxy) is 2. The first kappa shape index (κ1) is 19.3. The Morgan fingerprint density at radius 2 is 2.04 bits per heavy atom. The normalized spacial score (nSPS) is 11.7. The molecule has 0 saturated heterocycles. The molecule has 1 unspecified atom stereocenters. The Balaban J connectivity index is 2.14. The number of anilines is 1. The van der Waals surface area contributed by atoms with E-state index in [4.69, 9.17) is 21.1 Å². The van der Waals surface area contributed by atoms with E-state index in [9.17, 15) is 9.59 Å². The quantitative estimate of drug-likeness (QED) is 0.742. The van der Waals surface area contributed by atoms with E-state index in [0.29, 0.717) is 21.3 Å². The highest BCUT2D eigenvalue weighted by molar-refractivity contribution is 7.16. The van der Waals surface area contributed by atoms with Crippen LogP contribution in [0, 0.1) is 13.8 Å². The average Bonchev–Trinajstić information content (AvgIpc) is 2.81. The van der Waals surface area contributed by atoms with Crippen molar-refractivity contribution < 1.29 is 19.1 Å². The maximum atomic E-state index is 12.4. The Bertz CT molecular complexity index is 787. The maximum Gasteiger partial charge on any atom is 0.341 e. The van der Waals surface area contributed by atoms with Gasteiger partial charge in [-0.05, 0) is 51.5 Å². The fourth-order valence-corrected chi connectivity index (χ4v) is 3.41. The zero-order valence-corrected chi connectivity index (χ0v) is 16.1. The predicted molar refractivity (Wildman–Crippen MR) is 99.9 cm³/mol. The molecule has 0 saturated carbocycles. The monoisotopic (exact) mass is 381 g/mol. The predicted octanol–water partition coefficient (Wildman–Crippen LogP) is 4.60. The van der Waals surface area contributed by atoms with Crippen molar-refractivity contribution >= 4 is 39.8 Å². The molecule has 0 radical (unpaired) electrons. The maximum absolute atomic E-state index is 12.4. The number of rotatable bonds is 6. The molecule has 0 aliphatic heterocycles. The van der Waals surface area contributed by atoms with Gasteiger partial charge in [0, 0.05) is 9.90 Å². The lowest BCUT2D eigenvalue weighted by Crippen LogP contribution is -2.30. The van der Waals surface area contributed by atoms with Crippen molar-refractivity contribution in [2.75, 3.05) is 11.9 Å². The Morgan fingerprint density at radius 3 is 2.68 bits per heavy atom. The minimum absolute atomic E-state index is 0.273. The van der Waals surface area contributed by atoms with Gasteiger partial charge < -0.3 is 14.8 Å². The number of hydrogen-bond donors (Lipinski definition) is 1. The number of halogens is 1. The van der Waals surface area contributed by atoms with Crippen LogP contribution in [0.4, 0.5) is 5.00 Å². The van der Waals surface area contributed by atoms with Gasteiger partial charge in [-0.1, -0.05) is 17.7 Å². The summed E-state index contributed by atoms with van der Waals surface area (Å²) in [6.07, 6.45) is -0.753. The highest BCUT2D eigenvalue weighted by Gasteiger charge is 2.24. The number of thiophene rings is 1. The van der Waals surface area contributed by atoms with Crippen LogP contribution >= 0.6 is 22.9 Å². The SMILES string of the molecule is CCOC(=O)c1c(NC(=O)C(C)Oc2cccc(Cl)c2)sc(C)c1C. The summed E-state index contributed by atoms with van der Waals surface area (Å²) in [4.78, 5) is 25.6. The molecule has 2 aromatic rings. The van der Waals surface area contributed by atoms with Crippen LogP contribution in [-0.2, 0) is 9.53 Å². The van der Waals surface area contributed by atoms with Crippen LogP contribution in [0.1, 0.15) is 34.6 Å². The third-order valence-electron chi connectivity index (χ3n) is 3.58. The molecular weight excluding hydrogens is 362 g/mol. The summed E-state index contributed by atoms with van der Waals surface area (Å²) >= 11 is 7.25. The van der Waals surface area contributed by atoms with E-state index in [1.807, 2.05) is 13.8 Å². The number of hydrogen-bond acceptors (Lipinski definition) is 5. The Kier molecular flexibility index (Phi) is 6.45. The summed E-state index contributed by atoms with van der Waals surface area (Å²) < 4.78 is 10.7. The molecule has 0 fully saturated rings. The van der Waals surface area contributed by atoms with E-state index < -0.39 is 12.1 Å². The van der Waals surface area contributed by atoms with Crippen molar-refractivity contribution in [3.05, 3.63) is 45.3 Å². The number of esters is 1. The molecule has 1 heterocycles. The molecule has 1 aromatic carbocycles. The highest BCUT2D eigenvalue weighted by atomic mass is 35.5. The van der Waals surface area contributed by atoms with Gasteiger partial charge in [0.1, 0.15) is 10.8 Å². The smallest absolute Gasteiger partial charge is 0.341 e.